The maximum atomic E-state index is 12.1. The van der Waals surface area contributed by atoms with Crippen LogP contribution in [0.2, 0.25) is 0 Å². The molecule has 0 unspecified atom stereocenters. The molecule has 2 aromatic rings. The molecule has 0 aliphatic heterocycles. The maximum absolute atomic E-state index is 12.1. The highest BCUT2D eigenvalue weighted by Crippen LogP contribution is 2.23. The molecule has 0 atom stereocenters. The fraction of sp³-hybridized carbons (Fsp3) is 0.133. The topological polar surface area (TPSA) is 118 Å². The highest BCUT2D eigenvalue weighted by Gasteiger charge is 2.15. The zero-order valence-corrected chi connectivity index (χ0v) is 11.7. The highest BCUT2D eigenvalue weighted by atomic mass is 16.6. The maximum Gasteiger partial charge on any atom is 0.292 e. The Morgan fingerprint density at radius 3 is 2.50 bits per heavy atom. The van der Waals surface area contributed by atoms with Crippen LogP contribution in [0.25, 0.3) is 0 Å². The van der Waals surface area contributed by atoms with Crippen LogP contribution in [0.3, 0.4) is 0 Å². The fourth-order valence-electron chi connectivity index (χ4n) is 1.93. The molecule has 114 valence electrons. The fourth-order valence-corrected chi connectivity index (χ4v) is 1.93. The molecule has 2 rings (SSSR count). The lowest BCUT2D eigenvalue weighted by molar-refractivity contribution is -0.383. The van der Waals surface area contributed by atoms with Crippen LogP contribution < -0.4 is 11.1 Å². The molecular formula is C15H15N3O4. The summed E-state index contributed by atoms with van der Waals surface area (Å²) in [6.07, 6.45) is 0.540. The second kappa shape index (κ2) is 6.68. The number of amides is 1. The number of carbonyl (C=O) groups excluding carboxylic acids is 1. The Labute approximate surface area is 126 Å². The number of nitro groups is 1. The van der Waals surface area contributed by atoms with Crippen molar-refractivity contribution in [2.75, 3.05) is 17.7 Å². The quantitative estimate of drug-likeness (QED) is 0.443. The molecule has 0 fully saturated rings. The molecule has 22 heavy (non-hydrogen) atoms. The van der Waals surface area contributed by atoms with Crippen LogP contribution in [0.5, 0.6) is 0 Å². The predicted octanol–water partition coefficient (Wildman–Crippen LogP) is 1.96. The number of benzene rings is 2. The van der Waals surface area contributed by atoms with Gasteiger partial charge in [-0.25, -0.2) is 0 Å². The standard InChI is InChI=1S/C15H15N3O4/c16-13-6-3-11(9-14(13)18(21)22)15(20)17-12-4-1-10(2-5-12)7-8-19/h1-6,9,19H,7-8,16H2,(H,17,20). The van der Waals surface area contributed by atoms with E-state index in [0.29, 0.717) is 12.1 Å². The van der Waals surface area contributed by atoms with Crippen LogP contribution in [0, 0.1) is 10.1 Å². The van der Waals surface area contributed by atoms with Gasteiger partial charge in [-0.2, -0.15) is 0 Å². The molecule has 2 aromatic carbocycles. The van der Waals surface area contributed by atoms with E-state index in [1.165, 1.54) is 12.1 Å². The highest BCUT2D eigenvalue weighted by molar-refractivity contribution is 6.05. The van der Waals surface area contributed by atoms with Gasteiger partial charge >= 0.3 is 0 Å². The number of hydrogen-bond donors (Lipinski definition) is 3. The average molecular weight is 301 g/mol. The second-order valence-corrected chi connectivity index (χ2v) is 4.66. The largest absolute Gasteiger partial charge is 0.396 e. The number of rotatable bonds is 5. The molecule has 0 aliphatic rings. The molecule has 0 radical (unpaired) electrons. The number of carbonyl (C=O) groups is 1. The molecule has 0 spiro atoms. The molecule has 0 aliphatic carbocycles. The Kier molecular flexibility index (Phi) is 4.70. The van der Waals surface area contributed by atoms with Crippen molar-refractivity contribution in [1.82, 2.24) is 0 Å². The summed E-state index contributed by atoms with van der Waals surface area (Å²) in [5, 5.41) is 22.3. The molecular weight excluding hydrogens is 286 g/mol. The van der Waals surface area contributed by atoms with Crippen LogP contribution in [-0.4, -0.2) is 22.5 Å². The third-order valence-corrected chi connectivity index (χ3v) is 3.10. The lowest BCUT2D eigenvalue weighted by Crippen LogP contribution is -2.12. The van der Waals surface area contributed by atoms with E-state index in [1.54, 1.807) is 24.3 Å². The summed E-state index contributed by atoms with van der Waals surface area (Å²) in [6, 6.07) is 10.9. The van der Waals surface area contributed by atoms with E-state index in [4.69, 9.17) is 10.8 Å². The second-order valence-electron chi connectivity index (χ2n) is 4.66. The van der Waals surface area contributed by atoms with Crippen molar-refractivity contribution in [3.05, 3.63) is 63.7 Å². The average Bonchev–Trinajstić information content (AvgIpc) is 2.49. The van der Waals surface area contributed by atoms with E-state index < -0.39 is 10.8 Å². The number of aliphatic hydroxyl groups excluding tert-OH is 1. The SMILES string of the molecule is Nc1ccc(C(=O)Nc2ccc(CCO)cc2)cc1[N+](=O)[O-]. The molecule has 4 N–H and O–H groups in total. The van der Waals surface area contributed by atoms with Gasteiger partial charge in [0.2, 0.25) is 0 Å². The first-order valence-electron chi connectivity index (χ1n) is 6.56. The van der Waals surface area contributed by atoms with Crippen LogP contribution >= 0.6 is 0 Å². The van der Waals surface area contributed by atoms with Gasteiger partial charge in [0.1, 0.15) is 5.69 Å². The van der Waals surface area contributed by atoms with E-state index in [9.17, 15) is 14.9 Å². The Bertz CT molecular complexity index is 698. The molecule has 0 bridgehead atoms. The third kappa shape index (κ3) is 3.58. The van der Waals surface area contributed by atoms with E-state index in [2.05, 4.69) is 5.32 Å². The lowest BCUT2D eigenvalue weighted by atomic mass is 10.1. The van der Waals surface area contributed by atoms with Gasteiger partial charge < -0.3 is 16.2 Å². The van der Waals surface area contributed by atoms with Crippen molar-refractivity contribution < 1.29 is 14.8 Å². The molecule has 0 saturated heterocycles. The first-order valence-corrected chi connectivity index (χ1v) is 6.56. The zero-order chi connectivity index (χ0) is 16.1. The number of nitrogen functional groups attached to an aromatic ring is 1. The molecule has 7 heteroatoms. The van der Waals surface area contributed by atoms with Crippen molar-refractivity contribution in [1.29, 1.82) is 0 Å². The van der Waals surface area contributed by atoms with Crippen molar-refractivity contribution in [2.45, 2.75) is 6.42 Å². The van der Waals surface area contributed by atoms with Crippen LogP contribution in [0.4, 0.5) is 17.1 Å². The normalized spacial score (nSPS) is 10.2. The number of nitro benzene ring substituents is 1. The predicted molar refractivity (Wildman–Crippen MR) is 82.7 cm³/mol. The number of hydrogen-bond acceptors (Lipinski definition) is 5. The van der Waals surface area contributed by atoms with Crippen molar-refractivity contribution >= 4 is 23.0 Å². The van der Waals surface area contributed by atoms with Crippen LogP contribution in [0.1, 0.15) is 15.9 Å². The Balaban J connectivity index is 2.15. The first kappa shape index (κ1) is 15.5. The van der Waals surface area contributed by atoms with Crippen molar-refractivity contribution in [2.24, 2.45) is 0 Å². The number of aliphatic hydroxyl groups is 1. The van der Waals surface area contributed by atoms with Crippen molar-refractivity contribution in [3.63, 3.8) is 0 Å². The number of nitrogens with zero attached hydrogens (tertiary/aromatic N) is 1. The summed E-state index contributed by atoms with van der Waals surface area (Å²) < 4.78 is 0. The van der Waals surface area contributed by atoms with Crippen LogP contribution in [0.15, 0.2) is 42.5 Å². The minimum atomic E-state index is -0.629. The summed E-state index contributed by atoms with van der Waals surface area (Å²) in [6.45, 7) is 0.0564. The third-order valence-electron chi connectivity index (χ3n) is 3.10. The monoisotopic (exact) mass is 301 g/mol. The summed E-state index contributed by atoms with van der Waals surface area (Å²) in [4.78, 5) is 22.3. The van der Waals surface area contributed by atoms with E-state index in [0.717, 1.165) is 11.6 Å². The van der Waals surface area contributed by atoms with Crippen LogP contribution in [-0.2, 0) is 6.42 Å². The molecule has 7 nitrogen and oxygen atoms in total. The first-order chi connectivity index (χ1) is 10.5. The number of nitrogens with two attached hydrogens (primary N) is 1. The minimum absolute atomic E-state index is 0.00917. The Hall–Kier alpha value is -2.93. The van der Waals surface area contributed by atoms with Gasteiger partial charge in [-0.1, -0.05) is 12.1 Å². The van der Waals surface area contributed by atoms with Gasteiger partial charge in [-0.05, 0) is 36.2 Å². The minimum Gasteiger partial charge on any atom is -0.396 e. The summed E-state index contributed by atoms with van der Waals surface area (Å²) in [7, 11) is 0. The van der Waals surface area contributed by atoms with Gasteiger partial charge in [-0.15, -0.1) is 0 Å². The molecule has 0 aromatic heterocycles. The summed E-state index contributed by atoms with van der Waals surface area (Å²) in [5.41, 5.74) is 6.87. The van der Waals surface area contributed by atoms with E-state index in [1.807, 2.05) is 0 Å². The summed E-state index contributed by atoms with van der Waals surface area (Å²) >= 11 is 0. The molecule has 0 heterocycles. The molecule has 1 amide bonds. The van der Waals surface area contributed by atoms with E-state index in [-0.39, 0.29) is 23.5 Å². The zero-order valence-electron chi connectivity index (χ0n) is 11.7. The van der Waals surface area contributed by atoms with Gasteiger partial charge in [-0.3, -0.25) is 14.9 Å². The summed E-state index contributed by atoms with van der Waals surface area (Å²) in [5.74, 6) is -0.460. The smallest absolute Gasteiger partial charge is 0.292 e. The van der Waals surface area contributed by atoms with Gasteiger partial charge in [0.25, 0.3) is 11.6 Å². The molecule has 0 saturated carbocycles. The van der Waals surface area contributed by atoms with Gasteiger partial charge in [0.15, 0.2) is 0 Å². The lowest BCUT2D eigenvalue weighted by Gasteiger charge is -2.07. The van der Waals surface area contributed by atoms with Gasteiger partial charge in [0, 0.05) is 23.9 Å². The number of nitrogens with one attached hydrogen (secondary N) is 1. The van der Waals surface area contributed by atoms with E-state index >= 15 is 0 Å². The van der Waals surface area contributed by atoms with Crippen molar-refractivity contribution in [3.8, 4) is 0 Å². The Morgan fingerprint density at radius 1 is 1.23 bits per heavy atom. The Morgan fingerprint density at radius 2 is 1.91 bits per heavy atom. The van der Waals surface area contributed by atoms with Gasteiger partial charge in [0.05, 0.1) is 4.92 Å². The number of anilines is 2.